The molecule has 0 bridgehead atoms. The van der Waals surface area contributed by atoms with Gasteiger partial charge in [0.1, 0.15) is 0 Å². The number of rotatable bonds is 2. The van der Waals surface area contributed by atoms with Gasteiger partial charge in [-0.15, -0.1) is 12.4 Å². The Balaban J connectivity index is 0.00000108. The first kappa shape index (κ1) is 12.5. The topological polar surface area (TPSA) is 44.3 Å². The van der Waals surface area contributed by atoms with Gasteiger partial charge in [-0.05, 0) is 6.07 Å². The number of hydrogen-bond acceptors (Lipinski definition) is 5. The van der Waals surface area contributed by atoms with Gasteiger partial charge >= 0.3 is 0 Å². The van der Waals surface area contributed by atoms with Crippen LogP contribution in [0.25, 0.3) is 0 Å². The van der Waals surface area contributed by atoms with Gasteiger partial charge in [0.25, 0.3) is 0 Å². The highest BCUT2D eigenvalue weighted by molar-refractivity contribution is 5.85. The Hall–Kier alpha value is -0.910. The molecule has 5 nitrogen and oxygen atoms in total. The molecule has 1 aromatic heterocycles. The van der Waals surface area contributed by atoms with Gasteiger partial charge in [-0.3, -0.25) is 4.90 Å². The van der Waals surface area contributed by atoms with Gasteiger partial charge in [0.05, 0.1) is 0 Å². The molecule has 0 atom stereocenters. The third kappa shape index (κ3) is 2.68. The van der Waals surface area contributed by atoms with Crippen molar-refractivity contribution in [1.82, 2.24) is 20.2 Å². The van der Waals surface area contributed by atoms with Crippen LogP contribution >= 0.6 is 12.4 Å². The van der Waals surface area contributed by atoms with Crippen LogP contribution in [0.2, 0.25) is 0 Å². The first-order valence-corrected chi connectivity index (χ1v) is 5.90. The van der Waals surface area contributed by atoms with Gasteiger partial charge in [0, 0.05) is 57.7 Å². The third-order valence-corrected chi connectivity index (χ3v) is 3.43. The summed E-state index contributed by atoms with van der Waals surface area (Å²) >= 11 is 0. The van der Waals surface area contributed by atoms with Crippen molar-refractivity contribution >= 4 is 18.4 Å². The Labute approximate surface area is 108 Å². The van der Waals surface area contributed by atoms with Crippen molar-refractivity contribution in [3.05, 3.63) is 18.5 Å². The highest BCUT2D eigenvalue weighted by atomic mass is 35.5. The first-order valence-electron chi connectivity index (χ1n) is 5.90. The molecule has 0 radical (unpaired) electrons. The molecule has 2 aliphatic heterocycles. The summed E-state index contributed by atoms with van der Waals surface area (Å²) in [6.07, 6.45) is 3.62. The van der Waals surface area contributed by atoms with Gasteiger partial charge in [0.2, 0.25) is 5.95 Å². The molecule has 0 amide bonds. The van der Waals surface area contributed by atoms with Crippen LogP contribution in [0.3, 0.4) is 0 Å². The maximum atomic E-state index is 4.29. The minimum absolute atomic E-state index is 0. The van der Waals surface area contributed by atoms with Gasteiger partial charge in [-0.1, -0.05) is 0 Å². The number of nitrogens with one attached hydrogen (secondary N) is 1. The molecule has 3 rings (SSSR count). The monoisotopic (exact) mass is 255 g/mol. The zero-order valence-corrected chi connectivity index (χ0v) is 10.6. The molecule has 3 heterocycles. The largest absolute Gasteiger partial charge is 0.338 e. The lowest BCUT2D eigenvalue weighted by atomic mass is 10.1. The van der Waals surface area contributed by atoms with Crippen molar-refractivity contribution in [2.45, 2.75) is 6.04 Å². The molecular formula is C11H18ClN5. The molecule has 2 saturated heterocycles. The zero-order chi connectivity index (χ0) is 10.8. The maximum Gasteiger partial charge on any atom is 0.225 e. The van der Waals surface area contributed by atoms with E-state index in [4.69, 9.17) is 0 Å². The third-order valence-electron chi connectivity index (χ3n) is 3.43. The second-order valence-corrected chi connectivity index (χ2v) is 4.38. The number of anilines is 1. The second kappa shape index (κ2) is 5.62. The quantitative estimate of drug-likeness (QED) is 0.806. The number of aromatic nitrogens is 2. The molecular weight excluding hydrogens is 238 g/mol. The van der Waals surface area contributed by atoms with E-state index < -0.39 is 0 Å². The van der Waals surface area contributed by atoms with Crippen LogP contribution in [0.5, 0.6) is 0 Å². The fraction of sp³-hybridized carbons (Fsp3) is 0.636. The molecule has 6 heteroatoms. The predicted molar refractivity (Wildman–Crippen MR) is 69.7 cm³/mol. The summed E-state index contributed by atoms with van der Waals surface area (Å²) in [5, 5.41) is 3.32. The summed E-state index contributed by atoms with van der Waals surface area (Å²) in [6.45, 7) is 6.65. The molecule has 0 spiro atoms. The first-order chi connectivity index (χ1) is 7.93. The van der Waals surface area contributed by atoms with Crippen molar-refractivity contribution < 1.29 is 0 Å². The fourth-order valence-electron chi connectivity index (χ4n) is 2.27. The lowest BCUT2D eigenvalue weighted by Gasteiger charge is -2.43. The molecule has 94 valence electrons. The van der Waals surface area contributed by atoms with Crippen molar-refractivity contribution in [3.8, 4) is 0 Å². The van der Waals surface area contributed by atoms with Crippen molar-refractivity contribution in [2.24, 2.45) is 0 Å². The van der Waals surface area contributed by atoms with Crippen LogP contribution in [0, 0.1) is 0 Å². The van der Waals surface area contributed by atoms with E-state index in [1.165, 1.54) is 0 Å². The summed E-state index contributed by atoms with van der Waals surface area (Å²) in [7, 11) is 0. The Kier molecular flexibility index (Phi) is 4.15. The van der Waals surface area contributed by atoms with E-state index in [1.54, 1.807) is 0 Å². The van der Waals surface area contributed by atoms with Gasteiger partial charge < -0.3 is 10.2 Å². The molecule has 0 saturated carbocycles. The van der Waals surface area contributed by atoms with E-state index in [0.717, 1.165) is 51.3 Å². The molecule has 1 N–H and O–H groups in total. The molecule has 0 aliphatic carbocycles. The number of hydrogen-bond donors (Lipinski definition) is 1. The van der Waals surface area contributed by atoms with E-state index in [1.807, 2.05) is 18.5 Å². The average Bonchev–Trinajstić information content (AvgIpc) is 2.29. The van der Waals surface area contributed by atoms with Gasteiger partial charge in [-0.25, -0.2) is 9.97 Å². The molecule has 1 aromatic rings. The highest BCUT2D eigenvalue weighted by Gasteiger charge is 2.28. The Bertz CT molecular complexity index is 335. The lowest BCUT2D eigenvalue weighted by Crippen LogP contribution is -2.61. The predicted octanol–water partition coefficient (Wildman–Crippen LogP) is -0.00780. The van der Waals surface area contributed by atoms with E-state index in [9.17, 15) is 0 Å². The van der Waals surface area contributed by atoms with Crippen LogP contribution in [-0.4, -0.2) is 60.2 Å². The molecule has 0 aromatic carbocycles. The van der Waals surface area contributed by atoms with E-state index in [-0.39, 0.29) is 12.4 Å². The van der Waals surface area contributed by atoms with E-state index in [2.05, 4.69) is 25.1 Å². The molecule has 2 aliphatic rings. The van der Waals surface area contributed by atoms with Crippen LogP contribution in [-0.2, 0) is 0 Å². The van der Waals surface area contributed by atoms with Gasteiger partial charge in [-0.2, -0.15) is 0 Å². The van der Waals surface area contributed by atoms with Crippen LogP contribution in [0.4, 0.5) is 5.95 Å². The minimum Gasteiger partial charge on any atom is -0.338 e. The van der Waals surface area contributed by atoms with Crippen LogP contribution < -0.4 is 10.2 Å². The summed E-state index contributed by atoms with van der Waals surface area (Å²) < 4.78 is 0. The second-order valence-electron chi connectivity index (χ2n) is 4.38. The normalized spacial score (nSPS) is 21.8. The lowest BCUT2D eigenvalue weighted by molar-refractivity contribution is 0.137. The van der Waals surface area contributed by atoms with Crippen LogP contribution in [0.1, 0.15) is 0 Å². The molecule has 17 heavy (non-hydrogen) atoms. The zero-order valence-electron chi connectivity index (χ0n) is 9.75. The summed E-state index contributed by atoms with van der Waals surface area (Å²) in [5.74, 6) is 0.869. The molecule has 2 fully saturated rings. The van der Waals surface area contributed by atoms with Crippen molar-refractivity contribution in [2.75, 3.05) is 44.2 Å². The standard InChI is InChI=1S/C11H17N5.ClH/c1-2-13-11(14-3-1)16-6-4-15(5-7-16)10-8-12-9-10;/h1-3,10,12H,4-9H2;1H. The van der Waals surface area contributed by atoms with Gasteiger partial charge in [0.15, 0.2) is 0 Å². The smallest absolute Gasteiger partial charge is 0.225 e. The number of halogens is 1. The number of piperazine rings is 1. The fourth-order valence-corrected chi connectivity index (χ4v) is 2.27. The number of nitrogens with zero attached hydrogens (tertiary/aromatic N) is 4. The SMILES string of the molecule is Cl.c1cnc(N2CCN(C3CNC3)CC2)nc1. The Morgan fingerprint density at radius 1 is 1.06 bits per heavy atom. The Morgan fingerprint density at radius 2 is 1.71 bits per heavy atom. The molecule has 0 unspecified atom stereocenters. The average molecular weight is 256 g/mol. The Morgan fingerprint density at radius 3 is 2.24 bits per heavy atom. The highest BCUT2D eigenvalue weighted by Crippen LogP contribution is 2.13. The summed E-state index contributed by atoms with van der Waals surface area (Å²) in [5.41, 5.74) is 0. The summed E-state index contributed by atoms with van der Waals surface area (Å²) in [4.78, 5) is 13.4. The van der Waals surface area contributed by atoms with Crippen molar-refractivity contribution in [1.29, 1.82) is 0 Å². The van der Waals surface area contributed by atoms with Crippen LogP contribution in [0.15, 0.2) is 18.5 Å². The maximum absolute atomic E-state index is 4.29. The van der Waals surface area contributed by atoms with E-state index >= 15 is 0 Å². The van der Waals surface area contributed by atoms with Crippen molar-refractivity contribution in [3.63, 3.8) is 0 Å². The summed E-state index contributed by atoms with van der Waals surface area (Å²) in [6, 6.07) is 2.62. The minimum atomic E-state index is 0. The van der Waals surface area contributed by atoms with E-state index in [0.29, 0.717) is 0 Å².